The minimum absolute atomic E-state index is 0.197. The molecule has 0 fully saturated rings. The Labute approximate surface area is 166 Å². The van der Waals surface area contributed by atoms with Crippen molar-refractivity contribution in [1.82, 2.24) is 5.16 Å². The Balaban J connectivity index is 1.45. The molecule has 2 aromatic carbocycles. The largest absolute Gasteiger partial charge is 0.489 e. The number of ether oxygens (including phenoxy) is 2. The predicted octanol–water partition coefficient (Wildman–Crippen LogP) is 4.96. The first kappa shape index (κ1) is 19.9. The van der Waals surface area contributed by atoms with Crippen LogP contribution in [0.25, 0.3) is 0 Å². The summed E-state index contributed by atoms with van der Waals surface area (Å²) in [6.45, 7) is 4.24. The number of carbonyl (C=O) groups is 1. The topological polar surface area (TPSA) is 61.6 Å². The second-order valence-electron chi connectivity index (χ2n) is 6.03. The van der Waals surface area contributed by atoms with E-state index in [1.54, 1.807) is 42.5 Å². The fraction of sp³-hybridized carbons (Fsp3) is 0.238. The summed E-state index contributed by atoms with van der Waals surface area (Å²) in [6, 6.07) is 13.2. The van der Waals surface area contributed by atoms with Gasteiger partial charge < -0.3 is 14.0 Å². The lowest BCUT2D eigenvalue weighted by Gasteiger charge is -2.08. The average molecular weight is 401 g/mol. The van der Waals surface area contributed by atoms with Crippen LogP contribution in [0.1, 0.15) is 27.4 Å². The van der Waals surface area contributed by atoms with Crippen LogP contribution in [-0.2, 0) is 11.3 Å². The van der Waals surface area contributed by atoms with Crippen LogP contribution < -0.4 is 4.74 Å². The lowest BCUT2D eigenvalue weighted by Crippen LogP contribution is -2.08. The Morgan fingerprint density at radius 1 is 1.14 bits per heavy atom. The summed E-state index contributed by atoms with van der Waals surface area (Å²) in [5, 5.41) is 3.89. The van der Waals surface area contributed by atoms with Crippen LogP contribution >= 0.6 is 11.8 Å². The van der Waals surface area contributed by atoms with Gasteiger partial charge in [0.25, 0.3) is 0 Å². The first-order chi connectivity index (χ1) is 13.5. The molecule has 1 aromatic heterocycles. The van der Waals surface area contributed by atoms with Crippen LogP contribution in [0.3, 0.4) is 0 Å². The zero-order valence-corrected chi connectivity index (χ0v) is 16.4. The van der Waals surface area contributed by atoms with Gasteiger partial charge in [-0.1, -0.05) is 17.3 Å². The molecule has 0 spiro atoms. The number of aromatic nitrogens is 1. The van der Waals surface area contributed by atoms with Crippen molar-refractivity contribution in [3.05, 3.63) is 76.9 Å². The van der Waals surface area contributed by atoms with E-state index >= 15 is 0 Å². The number of hydrogen-bond donors (Lipinski definition) is 0. The van der Waals surface area contributed by atoms with Gasteiger partial charge in [0.1, 0.15) is 30.5 Å². The van der Waals surface area contributed by atoms with Crippen LogP contribution in [0.2, 0.25) is 0 Å². The molecular weight excluding hydrogens is 381 g/mol. The van der Waals surface area contributed by atoms with Crippen LogP contribution in [0.5, 0.6) is 5.75 Å². The molecule has 0 bridgehead atoms. The van der Waals surface area contributed by atoms with Gasteiger partial charge in [0.2, 0.25) is 0 Å². The molecule has 0 aliphatic carbocycles. The Morgan fingerprint density at radius 2 is 1.89 bits per heavy atom. The summed E-state index contributed by atoms with van der Waals surface area (Å²) < 4.78 is 29.6. The second-order valence-corrected chi connectivity index (χ2v) is 7.17. The molecule has 28 heavy (non-hydrogen) atoms. The molecule has 0 saturated heterocycles. The predicted molar refractivity (Wildman–Crippen MR) is 104 cm³/mol. The molecule has 3 rings (SSSR count). The van der Waals surface area contributed by atoms with Crippen molar-refractivity contribution in [3.8, 4) is 5.75 Å². The van der Waals surface area contributed by atoms with E-state index in [4.69, 9.17) is 14.0 Å². The fourth-order valence-electron chi connectivity index (χ4n) is 2.48. The highest BCUT2D eigenvalue weighted by Gasteiger charge is 2.11. The minimum Gasteiger partial charge on any atom is -0.489 e. The molecule has 0 radical (unpaired) electrons. The number of rotatable bonds is 8. The van der Waals surface area contributed by atoms with E-state index in [1.165, 1.54) is 17.8 Å². The van der Waals surface area contributed by atoms with Gasteiger partial charge in [0.15, 0.2) is 0 Å². The third-order valence-corrected chi connectivity index (χ3v) is 5.08. The van der Waals surface area contributed by atoms with Gasteiger partial charge in [-0.25, -0.2) is 9.18 Å². The molecule has 1 heterocycles. The van der Waals surface area contributed by atoms with Gasteiger partial charge in [0.05, 0.1) is 16.8 Å². The van der Waals surface area contributed by atoms with Crippen LogP contribution in [0, 0.1) is 19.7 Å². The van der Waals surface area contributed by atoms with Crippen LogP contribution in [0.15, 0.2) is 57.9 Å². The zero-order chi connectivity index (χ0) is 19.9. The van der Waals surface area contributed by atoms with Gasteiger partial charge in [-0.15, -0.1) is 11.8 Å². The molecule has 0 aliphatic heterocycles. The van der Waals surface area contributed by atoms with E-state index in [0.717, 1.165) is 17.0 Å². The number of thioether (sulfide) groups is 1. The third kappa shape index (κ3) is 5.13. The molecule has 0 aliphatic rings. The van der Waals surface area contributed by atoms with E-state index in [9.17, 15) is 9.18 Å². The molecule has 5 nitrogen and oxygen atoms in total. The maximum atomic E-state index is 13.5. The van der Waals surface area contributed by atoms with E-state index in [-0.39, 0.29) is 12.4 Å². The van der Waals surface area contributed by atoms with Gasteiger partial charge in [-0.2, -0.15) is 0 Å². The molecule has 0 N–H and O–H groups in total. The van der Waals surface area contributed by atoms with Gasteiger partial charge in [-0.05, 0) is 50.2 Å². The third-order valence-electron chi connectivity index (χ3n) is 4.07. The number of aryl methyl sites for hydroxylation is 2. The summed E-state index contributed by atoms with van der Waals surface area (Å²) in [5.74, 6) is 1.14. The highest BCUT2D eigenvalue weighted by Crippen LogP contribution is 2.21. The van der Waals surface area contributed by atoms with E-state index in [0.29, 0.717) is 28.6 Å². The lowest BCUT2D eigenvalue weighted by molar-refractivity contribution is 0.0530. The Kier molecular flexibility index (Phi) is 6.71. The first-order valence-corrected chi connectivity index (χ1v) is 9.72. The average Bonchev–Trinajstić information content (AvgIpc) is 3.02. The van der Waals surface area contributed by atoms with Crippen molar-refractivity contribution in [3.63, 3.8) is 0 Å². The molecule has 7 heteroatoms. The van der Waals surface area contributed by atoms with Crippen molar-refractivity contribution in [2.24, 2.45) is 0 Å². The molecule has 0 saturated carbocycles. The van der Waals surface area contributed by atoms with E-state index in [2.05, 4.69) is 5.16 Å². The summed E-state index contributed by atoms with van der Waals surface area (Å²) >= 11 is 1.31. The molecule has 146 valence electrons. The van der Waals surface area contributed by atoms with Gasteiger partial charge >= 0.3 is 5.97 Å². The molecule has 0 amide bonds. The minimum atomic E-state index is -0.425. The first-order valence-electron chi connectivity index (χ1n) is 8.73. The maximum absolute atomic E-state index is 13.5. The standard InChI is InChI=1S/C21H20FNO4S/c1-14-18(15(2)27-23-14)13-26-17-9-7-16(8-10-17)21(24)25-11-12-28-20-6-4-3-5-19(20)22/h3-10H,11-13H2,1-2H3. The molecule has 3 aromatic rings. The Bertz CT molecular complexity index is 920. The SMILES string of the molecule is Cc1noc(C)c1COc1ccc(C(=O)OCCSc2ccccc2F)cc1. The number of esters is 1. The highest BCUT2D eigenvalue weighted by molar-refractivity contribution is 7.99. The zero-order valence-electron chi connectivity index (χ0n) is 15.6. The smallest absolute Gasteiger partial charge is 0.338 e. The molecular formula is C21H20FNO4S. The van der Waals surface area contributed by atoms with Crippen molar-refractivity contribution in [2.45, 2.75) is 25.3 Å². The summed E-state index contributed by atoms with van der Waals surface area (Å²) in [7, 11) is 0. The summed E-state index contributed by atoms with van der Waals surface area (Å²) in [5.41, 5.74) is 2.14. The monoisotopic (exact) mass is 401 g/mol. The summed E-state index contributed by atoms with van der Waals surface area (Å²) in [6.07, 6.45) is 0. The normalized spacial score (nSPS) is 10.7. The van der Waals surface area contributed by atoms with Crippen molar-refractivity contribution >= 4 is 17.7 Å². The van der Waals surface area contributed by atoms with Crippen LogP contribution in [0.4, 0.5) is 4.39 Å². The van der Waals surface area contributed by atoms with Crippen molar-refractivity contribution in [1.29, 1.82) is 0 Å². The second kappa shape index (κ2) is 9.41. The summed E-state index contributed by atoms with van der Waals surface area (Å²) in [4.78, 5) is 12.6. The van der Waals surface area contributed by atoms with E-state index in [1.807, 2.05) is 13.8 Å². The Hall–Kier alpha value is -2.80. The van der Waals surface area contributed by atoms with Crippen molar-refractivity contribution in [2.75, 3.05) is 12.4 Å². The number of benzene rings is 2. The lowest BCUT2D eigenvalue weighted by atomic mass is 10.2. The Morgan fingerprint density at radius 3 is 2.57 bits per heavy atom. The van der Waals surface area contributed by atoms with E-state index < -0.39 is 5.97 Å². The van der Waals surface area contributed by atoms with Crippen molar-refractivity contribution < 1.29 is 23.2 Å². The highest BCUT2D eigenvalue weighted by atomic mass is 32.2. The number of halogens is 1. The number of nitrogens with zero attached hydrogens (tertiary/aromatic N) is 1. The van der Waals surface area contributed by atoms with Gasteiger partial charge in [0, 0.05) is 10.6 Å². The molecule has 0 atom stereocenters. The van der Waals surface area contributed by atoms with Crippen LogP contribution in [-0.4, -0.2) is 23.5 Å². The maximum Gasteiger partial charge on any atom is 0.338 e. The fourth-order valence-corrected chi connectivity index (χ4v) is 3.25. The van der Waals surface area contributed by atoms with Gasteiger partial charge in [-0.3, -0.25) is 0 Å². The number of carbonyl (C=O) groups excluding carboxylic acids is 1. The number of hydrogen-bond acceptors (Lipinski definition) is 6. The molecule has 0 unspecified atom stereocenters. The quantitative estimate of drug-likeness (QED) is 0.302.